The highest BCUT2D eigenvalue weighted by molar-refractivity contribution is 5.84. The first-order valence-electron chi connectivity index (χ1n) is 7.32. The minimum absolute atomic E-state index is 0.0232. The highest BCUT2D eigenvalue weighted by Gasteiger charge is 2.21. The van der Waals surface area contributed by atoms with Crippen LogP contribution in [-0.4, -0.2) is 41.7 Å². The molecule has 112 valence electrons. The zero-order chi connectivity index (χ0) is 14.5. The average molecular weight is 280 g/mol. The summed E-state index contributed by atoms with van der Waals surface area (Å²) in [6.07, 6.45) is 2.45. The van der Waals surface area contributed by atoms with Gasteiger partial charge in [0.15, 0.2) is 0 Å². The van der Waals surface area contributed by atoms with E-state index in [2.05, 4.69) is 24.1 Å². The molecule has 20 heavy (non-hydrogen) atoms. The lowest BCUT2D eigenvalue weighted by molar-refractivity contribution is 0.0656. The van der Waals surface area contributed by atoms with Crippen LogP contribution in [-0.2, 0) is 6.54 Å². The van der Waals surface area contributed by atoms with Crippen molar-refractivity contribution in [1.82, 2.24) is 10.2 Å². The number of nitrogens with one attached hydrogen (secondary N) is 1. The second-order valence-corrected chi connectivity index (χ2v) is 5.88. The van der Waals surface area contributed by atoms with E-state index < -0.39 is 5.97 Å². The molecular formula is C15H24N2O3. The van der Waals surface area contributed by atoms with Gasteiger partial charge in [0.1, 0.15) is 5.76 Å². The molecule has 5 nitrogen and oxygen atoms in total. The molecule has 2 rings (SSSR count). The maximum Gasteiger partial charge on any atom is 0.371 e. The third-order valence-electron chi connectivity index (χ3n) is 3.67. The van der Waals surface area contributed by atoms with Gasteiger partial charge in [0.25, 0.3) is 0 Å². The molecule has 0 saturated carbocycles. The van der Waals surface area contributed by atoms with Crippen LogP contribution in [0.5, 0.6) is 0 Å². The lowest BCUT2D eigenvalue weighted by Crippen LogP contribution is -2.40. The van der Waals surface area contributed by atoms with Crippen molar-refractivity contribution < 1.29 is 14.3 Å². The number of carboxylic acids is 1. The molecule has 2 heterocycles. The summed E-state index contributed by atoms with van der Waals surface area (Å²) in [6.45, 7) is 8.18. The van der Waals surface area contributed by atoms with Crippen molar-refractivity contribution in [2.75, 3.05) is 19.6 Å². The second-order valence-electron chi connectivity index (χ2n) is 5.88. The quantitative estimate of drug-likeness (QED) is 0.836. The van der Waals surface area contributed by atoms with Gasteiger partial charge in [0.2, 0.25) is 5.76 Å². The van der Waals surface area contributed by atoms with Crippen LogP contribution in [0.4, 0.5) is 0 Å². The summed E-state index contributed by atoms with van der Waals surface area (Å²) in [5.41, 5.74) is 0. The highest BCUT2D eigenvalue weighted by Crippen LogP contribution is 2.19. The van der Waals surface area contributed by atoms with Gasteiger partial charge in [-0.1, -0.05) is 13.8 Å². The maximum atomic E-state index is 10.8. The number of aromatic carboxylic acids is 1. The first-order valence-corrected chi connectivity index (χ1v) is 7.32. The predicted octanol–water partition coefficient (Wildman–Crippen LogP) is 2.19. The minimum atomic E-state index is -1.01. The van der Waals surface area contributed by atoms with Gasteiger partial charge in [0.05, 0.1) is 6.54 Å². The first kappa shape index (κ1) is 15.1. The summed E-state index contributed by atoms with van der Waals surface area (Å²) >= 11 is 0. The number of carboxylic acid groups (broad SMARTS) is 1. The van der Waals surface area contributed by atoms with E-state index in [9.17, 15) is 4.79 Å². The van der Waals surface area contributed by atoms with Crippen LogP contribution in [0.2, 0.25) is 0 Å². The summed E-state index contributed by atoms with van der Waals surface area (Å²) in [7, 11) is 0. The molecule has 0 amide bonds. The van der Waals surface area contributed by atoms with Crippen molar-refractivity contribution in [3.63, 3.8) is 0 Å². The lowest BCUT2D eigenvalue weighted by Gasteiger charge is -2.32. The van der Waals surface area contributed by atoms with Crippen molar-refractivity contribution in [3.8, 4) is 0 Å². The Hall–Kier alpha value is -1.33. The zero-order valence-electron chi connectivity index (χ0n) is 12.3. The molecule has 1 aliphatic rings. The minimum Gasteiger partial charge on any atom is -0.475 e. The average Bonchev–Trinajstić information content (AvgIpc) is 2.85. The van der Waals surface area contributed by atoms with Crippen LogP contribution in [0.1, 0.15) is 43.0 Å². The number of likely N-dealkylation sites (tertiary alicyclic amines) is 1. The van der Waals surface area contributed by atoms with Crippen molar-refractivity contribution in [2.45, 2.75) is 39.3 Å². The van der Waals surface area contributed by atoms with Gasteiger partial charge in [-0.2, -0.15) is 0 Å². The molecular weight excluding hydrogens is 256 g/mol. The van der Waals surface area contributed by atoms with Gasteiger partial charge in [-0.25, -0.2) is 4.79 Å². The number of hydrogen-bond acceptors (Lipinski definition) is 4. The second kappa shape index (κ2) is 6.90. The molecule has 1 aromatic heterocycles. The molecule has 0 radical (unpaired) electrons. The smallest absolute Gasteiger partial charge is 0.371 e. The van der Waals surface area contributed by atoms with E-state index in [-0.39, 0.29) is 5.76 Å². The third kappa shape index (κ3) is 4.35. The van der Waals surface area contributed by atoms with Gasteiger partial charge in [0, 0.05) is 12.6 Å². The number of nitrogens with zero attached hydrogens (tertiary/aromatic N) is 1. The Morgan fingerprint density at radius 2 is 2.35 bits per heavy atom. The van der Waals surface area contributed by atoms with E-state index >= 15 is 0 Å². The summed E-state index contributed by atoms with van der Waals surface area (Å²) < 4.78 is 5.32. The Morgan fingerprint density at radius 3 is 3.00 bits per heavy atom. The summed E-state index contributed by atoms with van der Waals surface area (Å²) in [5.74, 6) is 0.420. The maximum absolute atomic E-state index is 10.8. The van der Waals surface area contributed by atoms with Crippen LogP contribution in [0.3, 0.4) is 0 Å². The van der Waals surface area contributed by atoms with E-state index in [1.165, 1.54) is 18.9 Å². The molecule has 1 saturated heterocycles. The SMILES string of the molecule is CC(C)NCC1CCCN(Cc2ccc(C(=O)O)o2)C1. The summed E-state index contributed by atoms with van der Waals surface area (Å²) in [4.78, 5) is 13.1. The molecule has 1 aliphatic heterocycles. The van der Waals surface area contributed by atoms with E-state index in [1.54, 1.807) is 6.07 Å². The zero-order valence-corrected chi connectivity index (χ0v) is 12.3. The van der Waals surface area contributed by atoms with Crippen LogP contribution in [0.15, 0.2) is 16.5 Å². The monoisotopic (exact) mass is 280 g/mol. The Labute approximate surface area is 119 Å². The van der Waals surface area contributed by atoms with Crippen LogP contribution < -0.4 is 5.32 Å². The normalized spacial score (nSPS) is 20.4. The first-order chi connectivity index (χ1) is 9.54. The van der Waals surface area contributed by atoms with Crippen LogP contribution >= 0.6 is 0 Å². The van der Waals surface area contributed by atoms with Crippen LogP contribution in [0.25, 0.3) is 0 Å². The number of rotatable bonds is 6. The third-order valence-corrected chi connectivity index (χ3v) is 3.67. The molecule has 0 aliphatic carbocycles. The number of piperidine rings is 1. The Morgan fingerprint density at radius 1 is 1.55 bits per heavy atom. The van der Waals surface area contributed by atoms with Crippen molar-refractivity contribution in [2.24, 2.45) is 5.92 Å². The lowest BCUT2D eigenvalue weighted by atomic mass is 9.97. The van der Waals surface area contributed by atoms with Gasteiger partial charge in [-0.3, -0.25) is 4.90 Å². The van der Waals surface area contributed by atoms with Crippen LogP contribution in [0, 0.1) is 5.92 Å². The highest BCUT2D eigenvalue weighted by atomic mass is 16.4. The Balaban J connectivity index is 1.84. The van der Waals surface area contributed by atoms with Crippen molar-refractivity contribution >= 4 is 5.97 Å². The van der Waals surface area contributed by atoms with Gasteiger partial charge in [-0.05, 0) is 44.0 Å². The molecule has 0 spiro atoms. The van der Waals surface area contributed by atoms with E-state index in [0.29, 0.717) is 18.5 Å². The summed E-state index contributed by atoms with van der Waals surface area (Å²) in [6, 6.07) is 3.81. The number of carbonyl (C=O) groups is 1. The molecule has 5 heteroatoms. The summed E-state index contributed by atoms with van der Waals surface area (Å²) in [5, 5.41) is 12.3. The molecule has 1 unspecified atom stereocenters. The van der Waals surface area contributed by atoms with Crippen molar-refractivity contribution in [3.05, 3.63) is 23.7 Å². The number of furan rings is 1. The van der Waals surface area contributed by atoms with E-state index in [1.807, 2.05) is 0 Å². The Kier molecular flexibility index (Phi) is 5.20. The molecule has 0 aromatic carbocycles. The molecule has 2 N–H and O–H groups in total. The predicted molar refractivity (Wildman–Crippen MR) is 76.8 cm³/mol. The van der Waals surface area contributed by atoms with Gasteiger partial charge < -0.3 is 14.8 Å². The fourth-order valence-corrected chi connectivity index (χ4v) is 2.66. The fourth-order valence-electron chi connectivity index (χ4n) is 2.66. The van der Waals surface area contributed by atoms with E-state index in [4.69, 9.17) is 9.52 Å². The van der Waals surface area contributed by atoms with E-state index in [0.717, 1.165) is 25.4 Å². The fraction of sp³-hybridized carbons (Fsp3) is 0.667. The molecule has 1 atom stereocenters. The van der Waals surface area contributed by atoms with Gasteiger partial charge >= 0.3 is 5.97 Å². The molecule has 0 bridgehead atoms. The van der Waals surface area contributed by atoms with Gasteiger partial charge in [-0.15, -0.1) is 0 Å². The van der Waals surface area contributed by atoms with Crippen molar-refractivity contribution in [1.29, 1.82) is 0 Å². The molecule has 1 fully saturated rings. The molecule has 1 aromatic rings. The largest absolute Gasteiger partial charge is 0.475 e. The standard InChI is InChI=1S/C15H24N2O3/c1-11(2)16-8-12-4-3-7-17(9-12)10-13-5-6-14(20-13)15(18)19/h5-6,11-12,16H,3-4,7-10H2,1-2H3,(H,18,19). The Bertz CT molecular complexity index is 442. The number of hydrogen-bond donors (Lipinski definition) is 2. The topological polar surface area (TPSA) is 65.7 Å².